The molecule has 1 amide bonds. The fourth-order valence-corrected chi connectivity index (χ4v) is 3.23. The smallest absolute Gasteiger partial charge is 0.329 e. The quantitative estimate of drug-likeness (QED) is 0.610. The van der Waals surface area contributed by atoms with Gasteiger partial charge in [0.2, 0.25) is 0 Å². The Hall–Kier alpha value is -3.36. The summed E-state index contributed by atoms with van der Waals surface area (Å²) in [4.78, 5) is 47.9. The molecule has 0 saturated carbocycles. The Morgan fingerprint density at radius 3 is 3.00 bits per heavy atom. The van der Waals surface area contributed by atoms with Crippen LogP contribution in [0.4, 0.5) is 5.82 Å². The summed E-state index contributed by atoms with van der Waals surface area (Å²) in [6.45, 7) is 1.17. The lowest BCUT2D eigenvalue weighted by Crippen LogP contribution is -2.39. The van der Waals surface area contributed by atoms with Gasteiger partial charge in [-0.2, -0.15) is 0 Å². The first-order valence-electron chi connectivity index (χ1n) is 8.31. The Morgan fingerprint density at radius 1 is 1.35 bits per heavy atom. The van der Waals surface area contributed by atoms with Gasteiger partial charge in [0.05, 0.1) is 5.56 Å². The first-order valence-corrected chi connectivity index (χ1v) is 8.31. The Kier molecular flexibility index (Phi) is 3.83. The van der Waals surface area contributed by atoms with Gasteiger partial charge in [0, 0.05) is 50.0 Å². The van der Waals surface area contributed by atoms with Crippen LogP contribution in [0.1, 0.15) is 16.8 Å². The third kappa shape index (κ3) is 2.77. The first kappa shape index (κ1) is 16.1. The van der Waals surface area contributed by atoms with Crippen molar-refractivity contribution in [1.29, 1.82) is 0 Å². The molecule has 1 saturated heterocycles. The van der Waals surface area contributed by atoms with Crippen molar-refractivity contribution in [2.45, 2.75) is 12.5 Å². The van der Waals surface area contributed by atoms with Crippen molar-refractivity contribution in [2.24, 2.45) is 7.05 Å². The lowest BCUT2D eigenvalue weighted by Gasteiger charge is -2.18. The third-order valence-corrected chi connectivity index (χ3v) is 4.70. The van der Waals surface area contributed by atoms with Gasteiger partial charge >= 0.3 is 5.69 Å². The Labute approximate surface area is 147 Å². The van der Waals surface area contributed by atoms with Crippen molar-refractivity contribution < 1.29 is 4.79 Å². The third-order valence-electron chi connectivity index (χ3n) is 4.70. The molecule has 1 aliphatic rings. The van der Waals surface area contributed by atoms with Crippen LogP contribution in [0.3, 0.4) is 0 Å². The summed E-state index contributed by atoms with van der Waals surface area (Å²) in [5, 5.41) is 3.79. The lowest BCUT2D eigenvalue weighted by atomic mass is 10.1. The predicted molar refractivity (Wildman–Crippen MR) is 96.5 cm³/mol. The van der Waals surface area contributed by atoms with Crippen molar-refractivity contribution in [3.05, 3.63) is 57.0 Å². The standard InChI is InChI=1S/C17H18N6O3/c1-22-14(24)8-13(21-17(22)26)23-7-4-10(9-23)20-16(25)12-3-6-19-15-11(12)2-5-18-15/h2-3,5-6,8,10H,4,7,9H2,1H3,(H,18,19)(H,20,25)(H,21,26)/t10-/m1/s1. The number of hydrogen-bond donors (Lipinski definition) is 3. The number of rotatable bonds is 3. The summed E-state index contributed by atoms with van der Waals surface area (Å²) in [5.41, 5.74) is 0.426. The molecule has 4 heterocycles. The maximum atomic E-state index is 12.6. The number of hydrogen-bond acceptors (Lipinski definition) is 5. The highest BCUT2D eigenvalue weighted by molar-refractivity contribution is 6.05. The van der Waals surface area contributed by atoms with Gasteiger partial charge in [-0.05, 0) is 18.6 Å². The van der Waals surface area contributed by atoms with Gasteiger partial charge < -0.3 is 15.2 Å². The van der Waals surface area contributed by atoms with E-state index in [2.05, 4.69) is 20.3 Å². The summed E-state index contributed by atoms with van der Waals surface area (Å²) in [7, 11) is 1.43. The van der Waals surface area contributed by atoms with Gasteiger partial charge in [0.25, 0.3) is 11.5 Å². The molecule has 1 aliphatic heterocycles. The average Bonchev–Trinajstić information content (AvgIpc) is 3.28. The van der Waals surface area contributed by atoms with Crippen LogP contribution in [0.15, 0.2) is 40.2 Å². The molecule has 4 rings (SSSR count). The molecule has 0 aliphatic carbocycles. The number of aromatic amines is 2. The number of nitrogens with zero attached hydrogens (tertiary/aromatic N) is 3. The first-order chi connectivity index (χ1) is 12.5. The van der Waals surface area contributed by atoms with E-state index >= 15 is 0 Å². The van der Waals surface area contributed by atoms with Crippen molar-refractivity contribution >= 4 is 22.8 Å². The highest BCUT2D eigenvalue weighted by atomic mass is 16.2. The maximum absolute atomic E-state index is 12.6. The minimum atomic E-state index is -0.452. The molecule has 9 nitrogen and oxygen atoms in total. The lowest BCUT2D eigenvalue weighted by molar-refractivity contribution is 0.0942. The summed E-state index contributed by atoms with van der Waals surface area (Å²) >= 11 is 0. The fourth-order valence-electron chi connectivity index (χ4n) is 3.23. The Morgan fingerprint density at radius 2 is 2.19 bits per heavy atom. The number of amides is 1. The second kappa shape index (κ2) is 6.17. The second-order valence-electron chi connectivity index (χ2n) is 6.36. The van der Waals surface area contributed by atoms with E-state index in [1.165, 1.54) is 13.1 Å². The highest BCUT2D eigenvalue weighted by Gasteiger charge is 2.26. The van der Waals surface area contributed by atoms with Crippen LogP contribution in [0, 0.1) is 0 Å². The molecule has 0 bridgehead atoms. The maximum Gasteiger partial charge on any atom is 0.329 e. The molecule has 0 radical (unpaired) electrons. The number of pyridine rings is 1. The number of H-pyrrole nitrogens is 2. The minimum absolute atomic E-state index is 0.0720. The molecule has 3 aromatic heterocycles. The average molecular weight is 354 g/mol. The van der Waals surface area contributed by atoms with Gasteiger partial charge in [0.1, 0.15) is 11.5 Å². The molecule has 3 N–H and O–H groups in total. The number of anilines is 1. The van der Waals surface area contributed by atoms with Crippen molar-refractivity contribution in [1.82, 2.24) is 24.8 Å². The molecule has 9 heteroatoms. The van der Waals surface area contributed by atoms with Gasteiger partial charge in [-0.1, -0.05) is 0 Å². The highest BCUT2D eigenvalue weighted by Crippen LogP contribution is 2.18. The molecule has 1 fully saturated rings. The molecule has 0 unspecified atom stereocenters. The second-order valence-corrected chi connectivity index (χ2v) is 6.36. The molecular weight excluding hydrogens is 336 g/mol. The predicted octanol–water partition coefficient (Wildman–Crippen LogP) is -0.0414. The molecular formula is C17H18N6O3. The number of nitrogens with one attached hydrogen (secondary N) is 3. The largest absolute Gasteiger partial charge is 0.356 e. The summed E-state index contributed by atoms with van der Waals surface area (Å²) < 4.78 is 1.02. The minimum Gasteiger partial charge on any atom is -0.356 e. The van der Waals surface area contributed by atoms with E-state index in [1.807, 2.05) is 11.0 Å². The van der Waals surface area contributed by atoms with E-state index < -0.39 is 5.69 Å². The van der Waals surface area contributed by atoms with Crippen LogP contribution in [0.25, 0.3) is 11.0 Å². The van der Waals surface area contributed by atoms with Crippen molar-refractivity contribution in [2.75, 3.05) is 18.0 Å². The summed E-state index contributed by atoms with van der Waals surface area (Å²) in [6, 6.07) is 4.84. The zero-order valence-corrected chi connectivity index (χ0v) is 14.2. The topological polar surface area (TPSA) is 116 Å². The van der Waals surface area contributed by atoms with Crippen molar-refractivity contribution in [3.8, 4) is 0 Å². The van der Waals surface area contributed by atoms with E-state index in [-0.39, 0.29) is 17.5 Å². The van der Waals surface area contributed by atoms with E-state index in [1.54, 1.807) is 18.5 Å². The molecule has 0 spiro atoms. The van der Waals surface area contributed by atoms with E-state index in [0.717, 1.165) is 16.4 Å². The van der Waals surface area contributed by atoms with Crippen LogP contribution >= 0.6 is 0 Å². The number of aromatic nitrogens is 4. The fraction of sp³-hybridized carbons (Fsp3) is 0.294. The van der Waals surface area contributed by atoms with Gasteiger partial charge in [-0.15, -0.1) is 0 Å². The SMILES string of the molecule is Cn1c(=O)cc(N2CC[C@@H](NC(=O)c3ccnc4[nH]ccc34)C2)[nH]c1=O. The van der Waals surface area contributed by atoms with Gasteiger partial charge in [0.15, 0.2) is 0 Å². The number of carbonyl (C=O) groups is 1. The van der Waals surface area contributed by atoms with Gasteiger partial charge in [-0.25, -0.2) is 9.78 Å². The molecule has 134 valence electrons. The van der Waals surface area contributed by atoms with Gasteiger partial charge in [-0.3, -0.25) is 19.1 Å². The zero-order valence-electron chi connectivity index (χ0n) is 14.2. The normalized spacial score (nSPS) is 17.0. The van der Waals surface area contributed by atoms with Crippen molar-refractivity contribution in [3.63, 3.8) is 0 Å². The summed E-state index contributed by atoms with van der Waals surface area (Å²) in [6.07, 6.45) is 4.07. The van der Waals surface area contributed by atoms with Crippen LogP contribution in [-0.2, 0) is 7.05 Å². The van der Waals surface area contributed by atoms with Crippen LogP contribution < -0.4 is 21.5 Å². The Balaban J connectivity index is 1.49. The molecule has 1 atom stereocenters. The number of carbonyl (C=O) groups excluding carboxylic acids is 1. The zero-order chi connectivity index (χ0) is 18.3. The van der Waals surface area contributed by atoms with Crippen LogP contribution in [-0.4, -0.2) is 44.6 Å². The van der Waals surface area contributed by atoms with Crippen LogP contribution in [0.2, 0.25) is 0 Å². The number of fused-ring (bicyclic) bond motifs is 1. The Bertz CT molecular complexity index is 1060. The summed E-state index contributed by atoms with van der Waals surface area (Å²) in [5.74, 6) is 0.313. The molecule has 0 aromatic carbocycles. The monoisotopic (exact) mass is 354 g/mol. The van der Waals surface area contributed by atoms with E-state index in [0.29, 0.717) is 30.1 Å². The van der Waals surface area contributed by atoms with Crippen LogP contribution in [0.5, 0.6) is 0 Å². The molecule has 3 aromatic rings. The molecule has 26 heavy (non-hydrogen) atoms. The van der Waals surface area contributed by atoms with E-state index in [9.17, 15) is 14.4 Å². The van der Waals surface area contributed by atoms with E-state index in [4.69, 9.17) is 0 Å².